The number of aliphatic carboxylic acids is 1. The lowest BCUT2D eigenvalue weighted by Gasteiger charge is -2.37. The van der Waals surface area contributed by atoms with Crippen LogP contribution in [0.25, 0.3) is 0 Å². The van der Waals surface area contributed by atoms with E-state index in [1.165, 1.54) is 0 Å². The molecule has 2 atom stereocenters. The molecule has 0 spiro atoms. The first kappa shape index (κ1) is 13.8. The van der Waals surface area contributed by atoms with E-state index in [2.05, 4.69) is 0 Å². The van der Waals surface area contributed by atoms with E-state index in [0.717, 1.165) is 0 Å². The van der Waals surface area contributed by atoms with Crippen LogP contribution in [0.2, 0.25) is 0 Å². The minimum absolute atomic E-state index is 0.0836. The van der Waals surface area contributed by atoms with E-state index in [1.54, 1.807) is 4.90 Å². The van der Waals surface area contributed by atoms with Crippen molar-refractivity contribution in [1.29, 1.82) is 0 Å². The van der Waals surface area contributed by atoms with Crippen LogP contribution >= 0.6 is 0 Å². The zero-order chi connectivity index (χ0) is 13.2. The maximum absolute atomic E-state index is 11.9. The van der Waals surface area contributed by atoms with Gasteiger partial charge in [-0.3, -0.25) is 4.79 Å². The van der Waals surface area contributed by atoms with Gasteiger partial charge in [0.1, 0.15) is 5.60 Å². The van der Waals surface area contributed by atoms with Crippen LogP contribution in [0.4, 0.5) is 4.79 Å². The quantitative estimate of drug-likeness (QED) is 0.766. The summed E-state index contributed by atoms with van der Waals surface area (Å²) in [6, 6.07) is -0.0836. The SMILES string of the molecule is C[C@@H]1C[C@H](C(=O)O)CCN1C(=O)OC(C)(C)C. The highest BCUT2D eigenvalue weighted by molar-refractivity contribution is 5.72. The lowest BCUT2D eigenvalue weighted by molar-refractivity contribution is -0.144. The third kappa shape index (κ3) is 3.91. The first-order valence-electron chi connectivity index (χ1n) is 5.93. The fourth-order valence-corrected chi connectivity index (χ4v) is 1.99. The molecule has 0 aromatic rings. The Bertz CT molecular complexity index is 308. The third-order valence-corrected chi connectivity index (χ3v) is 2.85. The van der Waals surface area contributed by atoms with Gasteiger partial charge in [-0.1, -0.05) is 0 Å². The minimum Gasteiger partial charge on any atom is -0.481 e. The summed E-state index contributed by atoms with van der Waals surface area (Å²) in [7, 11) is 0. The van der Waals surface area contributed by atoms with Crippen LogP contribution in [0.5, 0.6) is 0 Å². The van der Waals surface area contributed by atoms with Crippen LogP contribution < -0.4 is 0 Å². The Morgan fingerprint density at radius 2 is 1.94 bits per heavy atom. The van der Waals surface area contributed by atoms with Gasteiger partial charge in [0.15, 0.2) is 0 Å². The van der Waals surface area contributed by atoms with Gasteiger partial charge >= 0.3 is 12.1 Å². The number of carboxylic acids is 1. The van der Waals surface area contributed by atoms with Gasteiger partial charge in [-0.15, -0.1) is 0 Å². The number of hydrogen-bond donors (Lipinski definition) is 1. The van der Waals surface area contributed by atoms with E-state index < -0.39 is 11.6 Å². The number of carbonyl (C=O) groups is 2. The summed E-state index contributed by atoms with van der Waals surface area (Å²) < 4.78 is 5.28. The number of rotatable bonds is 1. The smallest absolute Gasteiger partial charge is 0.410 e. The largest absolute Gasteiger partial charge is 0.481 e. The number of carboxylic acid groups (broad SMARTS) is 1. The molecule has 0 saturated carbocycles. The molecule has 1 rings (SSSR count). The van der Waals surface area contributed by atoms with E-state index in [-0.39, 0.29) is 18.1 Å². The van der Waals surface area contributed by atoms with Gasteiger partial charge < -0.3 is 14.7 Å². The summed E-state index contributed by atoms with van der Waals surface area (Å²) in [5, 5.41) is 8.93. The fourth-order valence-electron chi connectivity index (χ4n) is 1.99. The van der Waals surface area contributed by atoms with Crippen molar-refractivity contribution < 1.29 is 19.4 Å². The average Bonchev–Trinajstić information content (AvgIpc) is 2.14. The Morgan fingerprint density at radius 1 is 1.35 bits per heavy atom. The highest BCUT2D eigenvalue weighted by atomic mass is 16.6. The fraction of sp³-hybridized carbons (Fsp3) is 0.833. The summed E-state index contributed by atoms with van der Waals surface area (Å²) in [6.07, 6.45) is 0.641. The topological polar surface area (TPSA) is 66.8 Å². The molecular weight excluding hydrogens is 222 g/mol. The molecule has 1 aliphatic rings. The van der Waals surface area contributed by atoms with Crippen LogP contribution in [-0.2, 0) is 9.53 Å². The molecule has 1 aliphatic heterocycles. The third-order valence-electron chi connectivity index (χ3n) is 2.85. The van der Waals surface area contributed by atoms with Crippen LogP contribution in [0.15, 0.2) is 0 Å². The second-order valence-corrected chi connectivity index (χ2v) is 5.58. The molecule has 1 fully saturated rings. The molecular formula is C12H21NO4. The minimum atomic E-state index is -0.777. The number of likely N-dealkylation sites (tertiary alicyclic amines) is 1. The predicted octanol–water partition coefficient (Wildman–Crippen LogP) is 2.11. The molecule has 0 aromatic heterocycles. The maximum atomic E-state index is 11.9. The summed E-state index contributed by atoms with van der Waals surface area (Å²) in [6.45, 7) is 7.77. The Labute approximate surface area is 102 Å². The Kier molecular flexibility index (Phi) is 4.01. The molecule has 98 valence electrons. The summed E-state index contributed by atoms with van der Waals surface area (Å²) in [5.41, 5.74) is -0.513. The van der Waals surface area contributed by atoms with Gasteiger partial charge in [-0.05, 0) is 40.5 Å². The van der Waals surface area contributed by atoms with E-state index in [9.17, 15) is 9.59 Å². The van der Waals surface area contributed by atoms with Crippen LogP contribution in [-0.4, -0.2) is 40.3 Å². The number of nitrogens with zero attached hydrogens (tertiary/aromatic N) is 1. The summed E-state index contributed by atoms with van der Waals surface area (Å²) >= 11 is 0. The maximum Gasteiger partial charge on any atom is 0.410 e. The van der Waals surface area contributed by atoms with Gasteiger partial charge in [0.2, 0.25) is 0 Å². The van der Waals surface area contributed by atoms with Crippen molar-refractivity contribution in [3.63, 3.8) is 0 Å². The van der Waals surface area contributed by atoms with Crippen molar-refractivity contribution in [3.8, 4) is 0 Å². The molecule has 5 nitrogen and oxygen atoms in total. The highest BCUT2D eigenvalue weighted by Crippen LogP contribution is 2.24. The first-order chi connectivity index (χ1) is 7.70. The molecule has 0 radical (unpaired) electrons. The zero-order valence-electron chi connectivity index (χ0n) is 10.9. The standard InChI is InChI=1S/C12H21NO4/c1-8-7-9(10(14)15)5-6-13(8)11(16)17-12(2,3)4/h8-9H,5-7H2,1-4H3,(H,14,15)/t8-,9-/m1/s1. The van der Waals surface area contributed by atoms with Crippen molar-refractivity contribution in [1.82, 2.24) is 4.90 Å². The molecule has 0 aromatic carbocycles. The molecule has 5 heteroatoms. The number of carbonyl (C=O) groups excluding carboxylic acids is 1. The summed E-state index contributed by atoms with van der Waals surface area (Å²) in [4.78, 5) is 24.3. The van der Waals surface area contributed by atoms with E-state index in [1.807, 2.05) is 27.7 Å². The normalized spacial score (nSPS) is 25.5. The number of ether oxygens (including phenoxy) is 1. The Hall–Kier alpha value is -1.26. The van der Waals surface area contributed by atoms with Crippen LogP contribution in [0.1, 0.15) is 40.5 Å². The van der Waals surface area contributed by atoms with Crippen molar-refractivity contribution in [2.45, 2.75) is 52.2 Å². The first-order valence-corrected chi connectivity index (χ1v) is 5.93. The molecule has 1 heterocycles. The monoisotopic (exact) mass is 243 g/mol. The molecule has 17 heavy (non-hydrogen) atoms. The van der Waals surface area contributed by atoms with Crippen molar-refractivity contribution in [2.75, 3.05) is 6.54 Å². The Morgan fingerprint density at radius 3 is 2.35 bits per heavy atom. The second kappa shape index (κ2) is 4.94. The van der Waals surface area contributed by atoms with E-state index in [0.29, 0.717) is 19.4 Å². The number of amides is 1. The van der Waals surface area contributed by atoms with E-state index in [4.69, 9.17) is 9.84 Å². The van der Waals surface area contributed by atoms with Crippen molar-refractivity contribution in [3.05, 3.63) is 0 Å². The summed E-state index contributed by atoms with van der Waals surface area (Å²) in [5.74, 6) is -1.12. The van der Waals surface area contributed by atoms with Gasteiger partial charge in [0.05, 0.1) is 5.92 Å². The molecule has 0 bridgehead atoms. The zero-order valence-corrected chi connectivity index (χ0v) is 10.9. The predicted molar refractivity (Wildman–Crippen MR) is 62.8 cm³/mol. The lowest BCUT2D eigenvalue weighted by Crippen LogP contribution is -2.47. The van der Waals surface area contributed by atoms with Crippen LogP contribution in [0.3, 0.4) is 0 Å². The highest BCUT2D eigenvalue weighted by Gasteiger charge is 2.34. The lowest BCUT2D eigenvalue weighted by atomic mass is 9.92. The van der Waals surface area contributed by atoms with Gasteiger partial charge in [-0.25, -0.2) is 4.79 Å². The molecule has 1 amide bonds. The molecule has 0 aliphatic carbocycles. The second-order valence-electron chi connectivity index (χ2n) is 5.58. The molecule has 0 unspecified atom stereocenters. The molecule has 1 N–H and O–H groups in total. The van der Waals surface area contributed by atoms with E-state index >= 15 is 0 Å². The van der Waals surface area contributed by atoms with Gasteiger partial charge in [-0.2, -0.15) is 0 Å². The van der Waals surface area contributed by atoms with Crippen molar-refractivity contribution >= 4 is 12.1 Å². The molecule has 1 saturated heterocycles. The number of piperidine rings is 1. The Balaban J connectivity index is 2.58. The van der Waals surface area contributed by atoms with Gasteiger partial charge in [0, 0.05) is 12.6 Å². The van der Waals surface area contributed by atoms with Crippen molar-refractivity contribution in [2.24, 2.45) is 5.92 Å². The van der Waals surface area contributed by atoms with Crippen LogP contribution in [0, 0.1) is 5.92 Å². The average molecular weight is 243 g/mol. The van der Waals surface area contributed by atoms with Gasteiger partial charge in [0.25, 0.3) is 0 Å². The number of hydrogen-bond acceptors (Lipinski definition) is 3.